The number of carbonyl (C=O) groups excluding carboxylic acids is 2. The van der Waals surface area contributed by atoms with E-state index in [0.29, 0.717) is 12.1 Å². The fourth-order valence-corrected chi connectivity index (χ4v) is 2.53. The minimum Gasteiger partial charge on any atom is -0.352 e. The van der Waals surface area contributed by atoms with Gasteiger partial charge in [0, 0.05) is 25.6 Å². The zero-order chi connectivity index (χ0) is 18.2. The van der Waals surface area contributed by atoms with Gasteiger partial charge in [-0.05, 0) is 37.4 Å². The van der Waals surface area contributed by atoms with E-state index in [0.717, 1.165) is 17.7 Å². The number of hydrogen-bond donors (Lipinski definition) is 2. The average Bonchev–Trinajstić information content (AvgIpc) is 2.60. The molecule has 0 saturated heterocycles. The molecular weight excluding hydrogens is 314 g/mol. The Hall–Kier alpha value is -2.66. The lowest BCUT2D eigenvalue weighted by atomic mass is 10.1. The van der Waals surface area contributed by atoms with E-state index in [4.69, 9.17) is 0 Å². The van der Waals surface area contributed by atoms with Crippen LogP contribution in [0, 0.1) is 0 Å². The van der Waals surface area contributed by atoms with Crippen LogP contribution in [0.1, 0.15) is 34.5 Å². The molecule has 5 nitrogen and oxygen atoms in total. The highest BCUT2D eigenvalue weighted by atomic mass is 16.2. The number of nitrogens with zero attached hydrogens (tertiary/aromatic N) is 1. The molecule has 0 bridgehead atoms. The first-order chi connectivity index (χ1) is 12.0. The van der Waals surface area contributed by atoms with Crippen LogP contribution in [0.3, 0.4) is 0 Å². The van der Waals surface area contributed by atoms with Crippen molar-refractivity contribution in [1.82, 2.24) is 15.5 Å². The van der Waals surface area contributed by atoms with E-state index in [1.54, 1.807) is 12.1 Å². The van der Waals surface area contributed by atoms with Crippen molar-refractivity contribution >= 4 is 11.8 Å². The summed E-state index contributed by atoms with van der Waals surface area (Å²) in [6.45, 7) is 2.66. The van der Waals surface area contributed by atoms with E-state index >= 15 is 0 Å². The second-order valence-corrected chi connectivity index (χ2v) is 6.31. The second-order valence-electron chi connectivity index (χ2n) is 6.31. The molecule has 25 heavy (non-hydrogen) atoms. The summed E-state index contributed by atoms with van der Waals surface area (Å²) in [6, 6.07) is 17.1. The number of benzene rings is 2. The third kappa shape index (κ3) is 6.04. The minimum atomic E-state index is -0.109. The fourth-order valence-electron chi connectivity index (χ4n) is 2.53. The van der Waals surface area contributed by atoms with Crippen LogP contribution < -0.4 is 10.6 Å². The number of amides is 2. The Balaban J connectivity index is 2.06. The van der Waals surface area contributed by atoms with Crippen LogP contribution >= 0.6 is 0 Å². The van der Waals surface area contributed by atoms with Crippen LogP contribution in [0.2, 0.25) is 0 Å². The molecular formula is C20H25N3O2. The van der Waals surface area contributed by atoms with Crippen molar-refractivity contribution in [2.45, 2.75) is 19.5 Å². The van der Waals surface area contributed by atoms with Gasteiger partial charge in [0.15, 0.2) is 0 Å². The summed E-state index contributed by atoms with van der Waals surface area (Å²) in [5.41, 5.74) is 2.64. The maximum absolute atomic E-state index is 12.6. The van der Waals surface area contributed by atoms with Crippen LogP contribution in [0.5, 0.6) is 0 Å². The number of carbonyl (C=O) groups is 2. The summed E-state index contributed by atoms with van der Waals surface area (Å²) in [5, 5.41) is 5.84. The molecule has 132 valence electrons. The van der Waals surface area contributed by atoms with Crippen LogP contribution in [-0.2, 0) is 11.3 Å². The molecule has 0 aliphatic carbocycles. The molecule has 1 unspecified atom stereocenters. The van der Waals surface area contributed by atoms with Crippen molar-refractivity contribution in [3.63, 3.8) is 0 Å². The molecule has 0 spiro atoms. The van der Waals surface area contributed by atoms with E-state index in [9.17, 15) is 9.59 Å². The molecule has 2 aromatic rings. The van der Waals surface area contributed by atoms with Crippen LogP contribution in [0.25, 0.3) is 0 Å². The molecule has 0 heterocycles. The highest BCUT2D eigenvalue weighted by Crippen LogP contribution is 2.15. The lowest BCUT2D eigenvalue weighted by Crippen LogP contribution is -2.35. The van der Waals surface area contributed by atoms with Crippen molar-refractivity contribution < 1.29 is 9.59 Å². The summed E-state index contributed by atoms with van der Waals surface area (Å²) < 4.78 is 0. The van der Waals surface area contributed by atoms with Crippen LogP contribution in [0.4, 0.5) is 0 Å². The Labute approximate surface area is 149 Å². The van der Waals surface area contributed by atoms with E-state index < -0.39 is 0 Å². The number of nitrogens with one attached hydrogen (secondary N) is 2. The molecule has 0 fully saturated rings. The van der Waals surface area contributed by atoms with Crippen molar-refractivity contribution in [3.05, 3.63) is 71.3 Å². The smallest absolute Gasteiger partial charge is 0.251 e. The van der Waals surface area contributed by atoms with Crippen molar-refractivity contribution in [2.24, 2.45) is 0 Å². The Morgan fingerprint density at radius 3 is 2.20 bits per heavy atom. The molecule has 0 aliphatic heterocycles. The number of hydrogen-bond acceptors (Lipinski definition) is 3. The monoisotopic (exact) mass is 339 g/mol. The van der Waals surface area contributed by atoms with Gasteiger partial charge in [0.05, 0.1) is 6.04 Å². The summed E-state index contributed by atoms with van der Waals surface area (Å²) in [6.07, 6.45) is 0. The minimum absolute atomic E-state index is 0.0730. The van der Waals surface area contributed by atoms with Gasteiger partial charge in [-0.3, -0.25) is 9.59 Å². The number of likely N-dealkylation sites (N-methyl/N-ethyl adjacent to an activating group) is 1. The Morgan fingerprint density at radius 1 is 1.00 bits per heavy atom. The maximum atomic E-state index is 12.6. The summed E-state index contributed by atoms with van der Waals surface area (Å²) in [4.78, 5) is 25.6. The van der Waals surface area contributed by atoms with Gasteiger partial charge in [-0.1, -0.05) is 42.5 Å². The summed E-state index contributed by atoms with van der Waals surface area (Å²) >= 11 is 0. The molecule has 2 rings (SSSR count). The van der Waals surface area contributed by atoms with Gasteiger partial charge in [-0.25, -0.2) is 0 Å². The molecule has 0 aliphatic rings. The predicted molar refractivity (Wildman–Crippen MR) is 99.2 cm³/mol. The van der Waals surface area contributed by atoms with E-state index in [2.05, 4.69) is 15.5 Å². The van der Waals surface area contributed by atoms with E-state index in [-0.39, 0.29) is 17.9 Å². The SMILES string of the molecule is CC(=O)NCc1ccc(C(=O)NC(CN(C)C)c2ccccc2)cc1. The average molecular weight is 339 g/mol. The number of rotatable bonds is 7. The van der Waals surface area contributed by atoms with Gasteiger partial charge >= 0.3 is 0 Å². The van der Waals surface area contributed by atoms with Gasteiger partial charge in [0.2, 0.25) is 5.91 Å². The first-order valence-corrected chi connectivity index (χ1v) is 8.29. The molecule has 1 atom stereocenters. The standard InChI is InChI=1S/C20H25N3O2/c1-15(24)21-13-16-9-11-18(12-10-16)20(25)22-19(14-23(2)3)17-7-5-4-6-8-17/h4-12,19H,13-14H2,1-3H3,(H,21,24)(H,22,25). The molecule has 0 radical (unpaired) electrons. The lowest BCUT2D eigenvalue weighted by molar-refractivity contribution is -0.119. The Kier molecular flexibility index (Phi) is 6.71. The molecule has 0 saturated carbocycles. The van der Waals surface area contributed by atoms with Crippen LogP contribution in [-0.4, -0.2) is 37.4 Å². The van der Waals surface area contributed by atoms with Crippen LogP contribution in [0.15, 0.2) is 54.6 Å². The zero-order valence-corrected chi connectivity index (χ0v) is 15.0. The highest BCUT2D eigenvalue weighted by molar-refractivity contribution is 5.94. The Morgan fingerprint density at radius 2 is 1.64 bits per heavy atom. The molecule has 5 heteroatoms. The zero-order valence-electron chi connectivity index (χ0n) is 15.0. The topological polar surface area (TPSA) is 61.4 Å². The molecule has 0 aromatic heterocycles. The maximum Gasteiger partial charge on any atom is 0.251 e. The first kappa shape index (κ1) is 18.7. The van der Waals surface area contributed by atoms with Gasteiger partial charge in [0.1, 0.15) is 0 Å². The van der Waals surface area contributed by atoms with Crippen molar-refractivity contribution in [2.75, 3.05) is 20.6 Å². The largest absolute Gasteiger partial charge is 0.352 e. The molecule has 2 aromatic carbocycles. The highest BCUT2D eigenvalue weighted by Gasteiger charge is 2.16. The van der Waals surface area contributed by atoms with Gasteiger partial charge in [-0.2, -0.15) is 0 Å². The van der Waals surface area contributed by atoms with Crippen molar-refractivity contribution in [1.29, 1.82) is 0 Å². The van der Waals surface area contributed by atoms with Gasteiger partial charge < -0.3 is 15.5 Å². The third-order valence-electron chi connectivity index (χ3n) is 3.81. The van der Waals surface area contributed by atoms with E-state index in [1.165, 1.54) is 6.92 Å². The van der Waals surface area contributed by atoms with Gasteiger partial charge in [0.25, 0.3) is 5.91 Å². The first-order valence-electron chi connectivity index (χ1n) is 8.29. The molecule has 2 N–H and O–H groups in total. The quantitative estimate of drug-likeness (QED) is 0.814. The third-order valence-corrected chi connectivity index (χ3v) is 3.81. The normalized spacial score (nSPS) is 11.8. The van der Waals surface area contributed by atoms with Gasteiger partial charge in [-0.15, -0.1) is 0 Å². The second kappa shape index (κ2) is 8.99. The Bertz CT molecular complexity index is 697. The summed E-state index contributed by atoms with van der Waals surface area (Å²) in [7, 11) is 3.97. The van der Waals surface area contributed by atoms with E-state index in [1.807, 2.05) is 56.6 Å². The lowest BCUT2D eigenvalue weighted by Gasteiger charge is -2.23. The predicted octanol–water partition coefficient (Wildman–Crippen LogP) is 2.36. The summed E-state index contributed by atoms with van der Waals surface area (Å²) in [5.74, 6) is -0.182. The fraction of sp³-hybridized carbons (Fsp3) is 0.300. The molecule has 2 amide bonds. The van der Waals surface area contributed by atoms with Crippen molar-refractivity contribution in [3.8, 4) is 0 Å².